The third-order valence-corrected chi connectivity index (χ3v) is 4.94. The zero-order valence-corrected chi connectivity index (χ0v) is 16.5. The molecule has 144 valence electrons. The summed E-state index contributed by atoms with van der Waals surface area (Å²) < 4.78 is 1.63. The fourth-order valence-corrected chi connectivity index (χ4v) is 3.30. The maximum atomic E-state index is 12.5. The van der Waals surface area contributed by atoms with E-state index in [-0.39, 0.29) is 11.8 Å². The second-order valence-electron chi connectivity index (χ2n) is 6.17. The number of hydrogen-bond donors (Lipinski definition) is 2. The summed E-state index contributed by atoms with van der Waals surface area (Å²) in [5.74, 6) is -0.315. The molecule has 0 aliphatic heterocycles. The molecule has 3 aromatic rings. The Morgan fingerprint density at radius 3 is 2.32 bits per heavy atom. The van der Waals surface area contributed by atoms with Crippen LogP contribution in [0.1, 0.15) is 19.4 Å². The van der Waals surface area contributed by atoms with E-state index in [9.17, 15) is 9.59 Å². The largest absolute Gasteiger partial charge is 0.326 e. The average Bonchev–Trinajstić information content (AvgIpc) is 3.11. The number of aromatic nitrogens is 4. The minimum atomic E-state index is -0.413. The first kappa shape index (κ1) is 19.6. The predicted octanol–water partition coefficient (Wildman–Crippen LogP) is 3.05. The lowest BCUT2D eigenvalue weighted by molar-refractivity contribution is -0.115. The molecule has 0 unspecified atom stereocenters. The first-order valence-electron chi connectivity index (χ1n) is 8.63. The van der Waals surface area contributed by atoms with E-state index in [2.05, 4.69) is 26.2 Å². The predicted molar refractivity (Wildman–Crippen MR) is 109 cm³/mol. The van der Waals surface area contributed by atoms with Crippen molar-refractivity contribution in [1.82, 2.24) is 20.2 Å². The zero-order chi connectivity index (χ0) is 20.1. The van der Waals surface area contributed by atoms with Crippen molar-refractivity contribution >= 4 is 35.0 Å². The summed E-state index contributed by atoms with van der Waals surface area (Å²) in [6.45, 7) is 5.22. The van der Waals surface area contributed by atoms with Crippen LogP contribution in [0, 0.1) is 6.92 Å². The quantitative estimate of drug-likeness (QED) is 0.621. The van der Waals surface area contributed by atoms with Crippen LogP contribution >= 0.6 is 11.8 Å². The van der Waals surface area contributed by atoms with Gasteiger partial charge in [0.2, 0.25) is 17.0 Å². The highest BCUT2D eigenvalue weighted by molar-refractivity contribution is 8.00. The molecule has 28 heavy (non-hydrogen) atoms. The number of anilines is 2. The summed E-state index contributed by atoms with van der Waals surface area (Å²) in [7, 11) is 0. The van der Waals surface area contributed by atoms with Gasteiger partial charge in [-0.05, 0) is 60.2 Å². The molecule has 8 nitrogen and oxygen atoms in total. The third kappa shape index (κ3) is 4.74. The Bertz CT molecular complexity index is 986. The van der Waals surface area contributed by atoms with E-state index in [4.69, 9.17) is 0 Å². The molecule has 1 aromatic heterocycles. The number of thioether (sulfide) groups is 1. The molecule has 1 atom stereocenters. The Morgan fingerprint density at radius 1 is 1.04 bits per heavy atom. The maximum absolute atomic E-state index is 12.5. The summed E-state index contributed by atoms with van der Waals surface area (Å²) in [5.41, 5.74) is 3.22. The summed E-state index contributed by atoms with van der Waals surface area (Å²) in [6, 6.07) is 14.7. The van der Waals surface area contributed by atoms with E-state index in [1.807, 2.05) is 31.2 Å². The fraction of sp³-hybridized carbons (Fsp3) is 0.211. The lowest BCUT2D eigenvalue weighted by Gasteiger charge is -2.13. The fourth-order valence-electron chi connectivity index (χ4n) is 2.50. The van der Waals surface area contributed by atoms with Crippen molar-refractivity contribution in [3.63, 3.8) is 0 Å². The average molecular weight is 396 g/mol. The highest BCUT2D eigenvalue weighted by atomic mass is 32.2. The minimum Gasteiger partial charge on any atom is -0.326 e. The molecule has 0 radical (unpaired) electrons. The minimum absolute atomic E-state index is 0.145. The van der Waals surface area contributed by atoms with E-state index in [1.54, 1.807) is 35.9 Å². The van der Waals surface area contributed by atoms with E-state index in [1.165, 1.54) is 18.7 Å². The molecular weight excluding hydrogens is 376 g/mol. The van der Waals surface area contributed by atoms with Crippen molar-refractivity contribution in [2.24, 2.45) is 0 Å². The van der Waals surface area contributed by atoms with Crippen LogP contribution in [0.3, 0.4) is 0 Å². The van der Waals surface area contributed by atoms with Crippen LogP contribution < -0.4 is 10.6 Å². The monoisotopic (exact) mass is 396 g/mol. The number of carbonyl (C=O) groups is 2. The van der Waals surface area contributed by atoms with E-state index >= 15 is 0 Å². The van der Waals surface area contributed by atoms with Gasteiger partial charge in [0.1, 0.15) is 0 Å². The van der Waals surface area contributed by atoms with Crippen molar-refractivity contribution in [2.45, 2.75) is 31.2 Å². The van der Waals surface area contributed by atoms with Gasteiger partial charge in [-0.2, -0.15) is 4.68 Å². The van der Waals surface area contributed by atoms with Crippen molar-refractivity contribution in [1.29, 1.82) is 0 Å². The van der Waals surface area contributed by atoms with E-state index < -0.39 is 5.25 Å². The van der Waals surface area contributed by atoms with Crippen LogP contribution in [0.25, 0.3) is 5.69 Å². The Balaban J connectivity index is 1.66. The molecule has 2 N–H and O–H groups in total. The molecule has 0 bridgehead atoms. The standard InChI is InChI=1S/C19H20N6O2S/c1-12-6-4-5-7-17(12)25-19(22-23-24-25)28-13(2)18(27)21-16-10-8-15(9-11-16)20-14(3)26/h4-11,13H,1-3H3,(H,20,26)(H,21,27)/t13-/m1/s1. The highest BCUT2D eigenvalue weighted by Crippen LogP contribution is 2.25. The second-order valence-corrected chi connectivity index (χ2v) is 7.48. The number of aryl methyl sites for hydroxylation is 1. The van der Waals surface area contributed by atoms with Crippen LogP contribution in [0.4, 0.5) is 11.4 Å². The molecule has 0 saturated carbocycles. The smallest absolute Gasteiger partial charge is 0.237 e. The van der Waals surface area contributed by atoms with Crippen molar-refractivity contribution in [2.75, 3.05) is 10.6 Å². The van der Waals surface area contributed by atoms with Gasteiger partial charge < -0.3 is 10.6 Å². The third-order valence-electron chi connectivity index (χ3n) is 3.91. The van der Waals surface area contributed by atoms with Crippen LogP contribution in [0.5, 0.6) is 0 Å². The molecule has 2 aromatic carbocycles. The number of benzene rings is 2. The number of amides is 2. The van der Waals surface area contributed by atoms with Gasteiger partial charge in [0.05, 0.1) is 10.9 Å². The Hall–Kier alpha value is -3.20. The molecule has 3 rings (SSSR count). The molecular formula is C19H20N6O2S. The summed E-state index contributed by atoms with van der Waals surface area (Å²) in [6.07, 6.45) is 0. The van der Waals surface area contributed by atoms with Crippen molar-refractivity contribution < 1.29 is 9.59 Å². The van der Waals surface area contributed by atoms with Crippen LogP contribution in [-0.2, 0) is 9.59 Å². The van der Waals surface area contributed by atoms with Gasteiger partial charge >= 0.3 is 0 Å². The summed E-state index contributed by atoms with van der Waals surface area (Å²) in [4.78, 5) is 23.6. The van der Waals surface area contributed by atoms with Crippen molar-refractivity contribution in [3.8, 4) is 5.69 Å². The van der Waals surface area contributed by atoms with Gasteiger partial charge in [-0.15, -0.1) is 5.10 Å². The second kappa shape index (κ2) is 8.66. The number of hydrogen-bond acceptors (Lipinski definition) is 6. The lowest BCUT2D eigenvalue weighted by Crippen LogP contribution is -2.23. The molecule has 0 aliphatic rings. The van der Waals surface area contributed by atoms with Crippen LogP contribution in [0.15, 0.2) is 53.7 Å². The lowest BCUT2D eigenvalue weighted by atomic mass is 10.2. The van der Waals surface area contributed by atoms with Crippen molar-refractivity contribution in [3.05, 3.63) is 54.1 Å². The molecule has 2 amide bonds. The Labute approximate surface area is 166 Å². The molecule has 0 aliphatic carbocycles. The molecule has 9 heteroatoms. The van der Waals surface area contributed by atoms with Crippen LogP contribution in [0.2, 0.25) is 0 Å². The SMILES string of the molecule is CC(=O)Nc1ccc(NC(=O)[C@@H](C)Sc2nnnn2-c2ccccc2C)cc1. The number of nitrogens with zero attached hydrogens (tertiary/aromatic N) is 4. The number of rotatable bonds is 6. The van der Waals surface area contributed by atoms with Crippen LogP contribution in [-0.4, -0.2) is 37.3 Å². The van der Waals surface area contributed by atoms with Gasteiger partial charge in [0, 0.05) is 18.3 Å². The maximum Gasteiger partial charge on any atom is 0.237 e. The molecule has 1 heterocycles. The van der Waals surface area contributed by atoms with E-state index in [0.717, 1.165) is 11.3 Å². The van der Waals surface area contributed by atoms with Gasteiger partial charge in [-0.25, -0.2) is 0 Å². The molecule has 0 saturated heterocycles. The van der Waals surface area contributed by atoms with E-state index in [0.29, 0.717) is 16.5 Å². The number of nitrogens with one attached hydrogen (secondary N) is 2. The highest BCUT2D eigenvalue weighted by Gasteiger charge is 2.20. The van der Waals surface area contributed by atoms with Gasteiger partial charge in [0.15, 0.2) is 0 Å². The van der Waals surface area contributed by atoms with Gasteiger partial charge in [0.25, 0.3) is 0 Å². The Kier molecular flexibility index (Phi) is 6.05. The summed E-state index contributed by atoms with van der Waals surface area (Å²) in [5, 5.41) is 17.5. The first-order chi connectivity index (χ1) is 13.4. The molecule has 0 fully saturated rings. The number of carbonyl (C=O) groups excluding carboxylic acids is 2. The van der Waals surface area contributed by atoms with Gasteiger partial charge in [-0.1, -0.05) is 30.0 Å². The Morgan fingerprint density at radius 2 is 1.68 bits per heavy atom. The van der Waals surface area contributed by atoms with Gasteiger partial charge in [-0.3, -0.25) is 9.59 Å². The topological polar surface area (TPSA) is 102 Å². The number of para-hydroxylation sites is 1. The normalized spacial score (nSPS) is 11.7. The first-order valence-corrected chi connectivity index (χ1v) is 9.51. The number of tetrazole rings is 1. The summed E-state index contributed by atoms with van der Waals surface area (Å²) >= 11 is 1.28. The molecule has 0 spiro atoms. The zero-order valence-electron chi connectivity index (χ0n) is 15.7.